The van der Waals surface area contributed by atoms with Gasteiger partial charge in [-0.25, -0.2) is 18.7 Å². The van der Waals surface area contributed by atoms with E-state index in [0.29, 0.717) is 16.6 Å². The molecule has 0 saturated carbocycles. The number of nitrogens with zero attached hydrogens (tertiary/aromatic N) is 2. The van der Waals surface area contributed by atoms with Gasteiger partial charge in [0.05, 0.1) is 5.52 Å². The molecule has 0 radical (unpaired) electrons. The van der Waals surface area contributed by atoms with Crippen molar-refractivity contribution in [2.45, 2.75) is 20.8 Å². The number of benzene rings is 1. The van der Waals surface area contributed by atoms with Crippen molar-refractivity contribution in [3.8, 4) is 0 Å². The van der Waals surface area contributed by atoms with Crippen LogP contribution < -0.4 is 0 Å². The average molecular weight is 210 g/mol. The minimum Gasteiger partial charge on any atom is -0.241 e. The predicted molar refractivity (Wildman–Crippen MR) is 55.5 cm³/mol. The highest BCUT2D eigenvalue weighted by Gasteiger charge is 2.06. The molecule has 0 aliphatic carbocycles. The smallest absolute Gasteiger partial charge is 0.161 e. The van der Waals surface area contributed by atoms with Crippen molar-refractivity contribution in [1.29, 1.82) is 0 Å². The van der Waals surface area contributed by atoms with Crippen molar-refractivity contribution in [3.05, 3.63) is 35.8 Å². The van der Waals surface area contributed by atoms with Gasteiger partial charge < -0.3 is 0 Å². The Labute approximate surface area is 87.0 Å². The second kappa shape index (κ2) is 4.77. The van der Waals surface area contributed by atoms with Gasteiger partial charge in [0.15, 0.2) is 11.6 Å². The van der Waals surface area contributed by atoms with Gasteiger partial charge in [-0.05, 0) is 13.0 Å². The van der Waals surface area contributed by atoms with Gasteiger partial charge in [0, 0.05) is 17.1 Å². The van der Waals surface area contributed by atoms with Crippen molar-refractivity contribution in [2.24, 2.45) is 0 Å². The Morgan fingerprint density at radius 2 is 1.60 bits per heavy atom. The van der Waals surface area contributed by atoms with E-state index in [1.165, 1.54) is 6.33 Å². The summed E-state index contributed by atoms with van der Waals surface area (Å²) in [4.78, 5) is 7.70. The quantitative estimate of drug-likeness (QED) is 0.667. The van der Waals surface area contributed by atoms with Crippen LogP contribution in [0.25, 0.3) is 10.9 Å². The Balaban J connectivity index is 0.000000531. The first-order chi connectivity index (χ1) is 7.18. The van der Waals surface area contributed by atoms with Gasteiger partial charge in [-0.3, -0.25) is 0 Å². The third-order valence-electron chi connectivity index (χ3n) is 1.88. The molecular formula is C11H12F2N2. The SMILES string of the molecule is CC.Cc1ncnc2cc(F)c(F)cc12. The molecule has 0 amide bonds. The number of halogens is 2. The number of aromatic nitrogens is 2. The molecule has 2 aromatic rings. The van der Waals surface area contributed by atoms with Crippen molar-refractivity contribution in [2.75, 3.05) is 0 Å². The minimum absolute atomic E-state index is 0.423. The molecule has 0 fully saturated rings. The van der Waals surface area contributed by atoms with Crippen LogP contribution in [-0.4, -0.2) is 9.97 Å². The minimum atomic E-state index is -0.884. The van der Waals surface area contributed by atoms with Crippen LogP contribution in [0.5, 0.6) is 0 Å². The fourth-order valence-electron chi connectivity index (χ4n) is 1.18. The van der Waals surface area contributed by atoms with E-state index in [2.05, 4.69) is 9.97 Å². The molecule has 0 bridgehead atoms. The van der Waals surface area contributed by atoms with Crippen LogP contribution in [0.4, 0.5) is 8.78 Å². The van der Waals surface area contributed by atoms with Crippen molar-refractivity contribution < 1.29 is 8.78 Å². The fraction of sp³-hybridized carbons (Fsp3) is 0.273. The largest absolute Gasteiger partial charge is 0.241 e. The topological polar surface area (TPSA) is 25.8 Å². The van der Waals surface area contributed by atoms with E-state index in [9.17, 15) is 8.78 Å². The van der Waals surface area contributed by atoms with E-state index in [4.69, 9.17) is 0 Å². The average Bonchev–Trinajstić information content (AvgIpc) is 2.24. The summed E-state index contributed by atoms with van der Waals surface area (Å²) < 4.78 is 25.5. The first kappa shape index (κ1) is 11.5. The molecular weight excluding hydrogens is 198 g/mol. The van der Waals surface area contributed by atoms with Gasteiger partial charge in [-0.2, -0.15) is 0 Å². The Bertz CT molecular complexity index is 469. The lowest BCUT2D eigenvalue weighted by molar-refractivity contribution is 0.510. The summed E-state index contributed by atoms with van der Waals surface area (Å²) in [5.41, 5.74) is 1.07. The van der Waals surface area contributed by atoms with Crippen LogP contribution in [0, 0.1) is 18.6 Å². The maximum absolute atomic E-state index is 12.8. The lowest BCUT2D eigenvalue weighted by Crippen LogP contribution is -1.91. The summed E-state index contributed by atoms with van der Waals surface area (Å²) in [6.45, 7) is 5.72. The molecule has 0 saturated heterocycles. The van der Waals surface area contributed by atoms with E-state index in [0.717, 1.165) is 12.1 Å². The summed E-state index contributed by atoms with van der Waals surface area (Å²) in [5, 5.41) is 0.543. The number of rotatable bonds is 0. The molecule has 1 aromatic heterocycles. The zero-order valence-corrected chi connectivity index (χ0v) is 8.88. The van der Waals surface area contributed by atoms with Gasteiger partial charge in [0.1, 0.15) is 6.33 Å². The number of hydrogen-bond acceptors (Lipinski definition) is 2. The molecule has 15 heavy (non-hydrogen) atoms. The molecule has 0 aliphatic heterocycles. The highest BCUT2D eigenvalue weighted by Crippen LogP contribution is 2.17. The lowest BCUT2D eigenvalue weighted by Gasteiger charge is -2.00. The molecule has 2 nitrogen and oxygen atoms in total. The Morgan fingerprint density at radius 1 is 1.00 bits per heavy atom. The third kappa shape index (κ3) is 2.26. The van der Waals surface area contributed by atoms with Crippen LogP contribution in [0.15, 0.2) is 18.5 Å². The predicted octanol–water partition coefficient (Wildman–Crippen LogP) is 3.24. The van der Waals surface area contributed by atoms with Crippen molar-refractivity contribution in [3.63, 3.8) is 0 Å². The van der Waals surface area contributed by atoms with Crippen molar-refractivity contribution >= 4 is 10.9 Å². The molecule has 1 heterocycles. The van der Waals surface area contributed by atoms with Gasteiger partial charge in [-0.1, -0.05) is 13.8 Å². The summed E-state index contributed by atoms with van der Waals surface area (Å²) >= 11 is 0. The Morgan fingerprint density at radius 3 is 2.27 bits per heavy atom. The highest BCUT2D eigenvalue weighted by atomic mass is 19.2. The molecule has 0 spiro atoms. The summed E-state index contributed by atoms with van der Waals surface area (Å²) in [7, 11) is 0. The zero-order valence-electron chi connectivity index (χ0n) is 8.88. The first-order valence-corrected chi connectivity index (χ1v) is 4.75. The molecule has 0 aliphatic rings. The number of hydrogen-bond donors (Lipinski definition) is 0. The molecule has 0 N–H and O–H groups in total. The molecule has 0 atom stereocenters. The monoisotopic (exact) mass is 210 g/mol. The van der Waals surface area contributed by atoms with E-state index in [1.807, 2.05) is 13.8 Å². The second-order valence-electron chi connectivity index (χ2n) is 2.74. The number of fused-ring (bicyclic) bond motifs is 1. The summed E-state index contributed by atoms with van der Waals surface area (Å²) in [6.07, 6.45) is 1.33. The second-order valence-corrected chi connectivity index (χ2v) is 2.74. The first-order valence-electron chi connectivity index (χ1n) is 4.75. The van der Waals surface area contributed by atoms with Gasteiger partial charge in [-0.15, -0.1) is 0 Å². The standard InChI is InChI=1S/C9H6F2N2.C2H6/c1-5-6-2-7(10)8(11)3-9(6)13-4-12-5;1-2/h2-4H,1H3;1-2H3. The van der Waals surface area contributed by atoms with Gasteiger partial charge in [0.2, 0.25) is 0 Å². The maximum Gasteiger partial charge on any atom is 0.161 e. The van der Waals surface area contributed by atoms with Crippen LogP contribution in [0.2, 0.25) is 0 Å². The van der Waals surface area contributed by atoms with E-state index >= 15 is 0 Å². The summed E-state index contributed by atoms with van der Waals surface area (Å²) in [6, 6.07) is 2.18. The maximum atomic E-state index is 12.8. The van der Waals surface area contributed by atoms with Crippen LogP contribution >= 0.6 is 0 Å². The van der Waals surface area contributed by atoms with Crippen LogP contribution in [0.1, 0.15) is 19.5 Å². The Kier molecular flexibility index (Phi) is 3.66. The molecule has 1 aromatic carbocycles. The van der Waals surface area contributed by atoms with Crippen LogP contribution in [0.3, 0.4) is 0 Å². The fourth-order valence-corrected chi connectivity index (χ4v) is 1.18. The van der Waals surface area contributed by atoms with Crippen molar-refractivity contribution in [1.82, 2.24) is 9.97 Å². The normalized spacial score (nSPS) is 9.67. The molecule has 80 valence electrons. The third-order valence-corrected chi connectivity index (χ3v) is 1.88. The molecule has 0 unspecified atom stereocenters. The van der Waals surface area contributed by atoms with E-state index in [1.54, 1.807) is 6.92 Å². The molecule has 2 rings (SSSR count). The highest BCUT2D eigenvalue weighted by molar-refractivity contribution is 5.80. The van der Waals surface area contributed by atoms with Gasteiger partial charge >= 0.3 is 0 Å². The number of aryl methyl sites for hydroxylation is 1. The Hall–Kier alpha value is -1.58. The molecule has 4 heteroatoms. The van der Waals surface area contributed by atoms with E-state index in [-0.39, 0.29) is 0 Å². The zero-order chi connectivity index (χ0) is 11.4. The van der Waals surface area contributed by atoms with Gasteiger partial charge in [0.25, 0.3) is 0 Å². The van der Waals surface area contributed by atoms with Crippen LogP contribution in [-0.2, 0) is 0 Å². The summed E-state index contributed by atoms with van der Waals surface area (Å²) in [5.74, 6) is -1.75. The van der Waals surface area contributed by atoms with E-state index < -0.39 is 11.6 Å². The lowest BCUT2D eigenvalue weighted by atomic mass is 10.2.